The first kappa shape index (κ1) is 20.2. The van der Waals surface area contributed by atoms with E-state index in [1.165, 1.54) is 0 Å². The largest absolute Gasteiger partial charge is 0.378 e. The molecule has 1 heterocycles. The molecule has 0 bridgehead atoms. The number of rotatable bonds is 7. The zero-order chi connectivity index (χ0) is 19.0. The highest BCUT2D eigenvalue weighted by Gasteiger charge is 2.35. The van der Waals surface area contributed by atoms with Crippen LogP contribution in [0.4, 0.5) is 10.5 Å². The topological polar surface area (TPSA) is 96.7 Å². The van der Waals surface area contributed by atoms with E-state index in [0.29, 0.717) is 31.9 Å². The first-order valence-electron chi connectivity index (χ1n) is 9.17. The molecular formula is C19H30N4O3. The molecule has 0 aliphatic carbocycles. The summed E-state index contributed by atoms with van der Waals surface area (Å²) in [6.07, 6.45) is 2.65. The third-order valence-corrected chi connectivity index (χ3v) is 4.42. The summed E-state index contributed by atoms with van der Waals surface area (Å²) in [6, 6.07) is 8.75. The van der Waals surface area contributed by atoms with Gasteiger partial charge in [-0.3, -0.25) is 4.79 Å². The van der Waals surface area contributed by atoms with Crippen LogP contribution in [0.3, 0.4) is 0 Å². The highest BCUT2D eigenvalue weighted by molar-refractivity contribution is 5.95. The fourth-order valence-corrected chi connectivity index (χ4v) is 2.98. The highest BCUT2D eigenvalue weighted by Crippen LogP contribution is 2.18. The lowest BCUT2D eigenvalue weighted by molar-refractivity contribution is -0.139. The normalized spacial score (nSPS) is 15.6. The van der Waals surface area contributed by atoms with Gasteiger partial charge in [0.1, 0.15) is 5.54 Å². The number of nitrogens with one attached hydrogen (secondary N) is 2. The van der Waals surface area contributed by atoms with Crippen molar-refractivity contribution in [2.24, 2.45) is 5.73 Å². The van der Waals surface area contributed by atoms with Gasteiger partial charge in [-0.15, -0.1) is 0 Å². The molecule has 0 unspecified atom stereocenters. The number of ether oxygens (including phenoxy) is 1. The molecule has 7 heteroatoms. The van der Waals surface area contributed by atoms with E-state index in [-0.39, 0.29) is 12.0 Å². The van der Waals surface area contributed by atoms with E-state index in [1.807, 2.05) is 18.2 Å². The zero-order valence-electron chi connectivity index (χ0n) is 15.7. The Hall–Kier alpha value is -2.12. The summed E-state index contributed by atoms with van der Waals surface area (Å²) in [5.41, 5.74) is 5.17. The summed E-state index contributed by atoms with van der Waals surface area (Å²) in [4.78, 5) is 26.8. The Morgan fingerprint density at radius 3 is 2.50 bits per heavy atom. The zero-order valence-corrected chi connectivity index (χ0v) is 15.7. The van der Waals surface area contributed by atoms with Crippen LogP contribution in [-0.2, 0) is 9.53 Å². The number of benzene rings is 1. The van der Waals surface area contributed by atoms with Crippen molar-refractivity contribution in [1.29, 1.82) is 0 Å². The van der Waals surface area contributed by atoms with E-state index in [9.17, 15) is 9.59 Å². The predicted octanol–water partition coefficient (Wildman–Crippen LogP) is 1.94. The molecule has 1 aliphatic heterocycles. The Morgan fingerprint density at radius 2 is 1.88 bits per heavy atom. The molecule has 26 heavy (non-hydrogen) atoms. The van der Waals surface area contributed by atoms with Crippen LogP contribution in [0, 0.1) is 0 Å². The third kappa shape index (κ3) is 6.00. The summed E-state index contributed by atoms with van der Waals surface area (Å²) in [6.45, 7) is 6.02. The van der Waals surface area contributed by atoms with Crippen molar-refractivity contribution in [1.82, 2.24) is 10.2 Å². The Labute approximate surface area is 155 Å². The Kier molecular flexibility index (Phi) is 7.41. The molecule has 1 fully saturated rings. The molecule has 0 aromatic heterocycles. The SMILES string of the molecule is CC(C)(NC(=O)Nc1ccccc1)C(=O)N1CCC(OCCCN)CC1. The Morgan fingerprint density at radius 1 is 1.23 bits per heavy atom. The van der Waals surface area contributed by atoms with Gasteiger partial charge in [-0.05, 0) is 51.8 Å². The van der Waals surface area contributed by atoms with Crippen LogP contribution in [-0.4, -0.2) is 54.7 Å². The molecule has 7 nitrogen and oxygen atoms in total. The number of nitrogens with zero attached hydrogens (tertiary/aromatic N) is 1. The monoisotopic (exact) mass is 362 g/mol. The average Bonchev–Trinajstić information content (AvgIpc) is 2.62. The van der Waals surface area contributed by atoms with Crippen molar-refractivity contribution in [2.75, 3.05) is 31.6 Å². The summed E-state index contributed by atoms with van der Waals surface area (Å²) in [7, 11) is 0. The maximum absolute atomic E-state index is 12.8. The second kappa shape index (κ2) is 9.54. The number of anilines is 1. The number of likely N-dealkylation sites (tertiary alicyclic amines) is 1. The minimum Gasteiger partial charge on any atom is -0.378 e. The minimum atomic E-state index is -0.980. The van der Waals surface area contributed by atoms with Gasteiger partial charge in [-0.2, -0.15) is 0 Å². The van der Waals surface area contributed by atoms with Crippen LogP contribution in [0.25, 0.3) is 0 Å². The Bertz CT molecular complexity index is 584. The second-order valence-electron chi connectivity index (χ2n) is 7.07. The lowest BCUT2D eigenvalue weighted by Gasteiger charge is -2.37. The summed E-state index contributed by atoms with van der Waals surface area (Å²) >= 11 is 0. The number of carbonyl (C=O) groups excluding carboxylic acids is 2. The van der Waals surface area contributed by atoms with Crippen LogP contribution in [0.1, 0.15) is 33.1 Å². The standard InChI is InChI=1S/C19H30N4O3/c1-19(2,22-18(25)21-15-7-4-3-5-8-15)17(24)23-12-9-16(10-13-23)26-14-6-11-20/h3-5,7-8,16H,6,9-14,20H2,1-2H3,(H2,21,22,25). The van der Waals surface area contributed by atoms with E-state index in [1.54, 1.807) is 30.9 Å². The molecule has 1 aromatic carbocycles. The first-order valence-corrected chi connectivity index (χ1v) is 9.17. The molecule has 144 valence electrons. The number of amides is 3. The van der Waals surface area contributed by atoms with E-state index in [0.717, 1.165) is 19.3 Å². The van der Waals surface area contributed by atoms with Gasteiger partial charge in [0.2, 0.25) is 5.91 Å². The summed E-state index contributed by atoms with van der Waals surface area (Å²) in [5, 5.41) is 5.51. The summed E-state index contributed by atoms with van der Waals surface area (Å²) < 4.78 is 5.77. The molecule has 3 amide bonds. The lowest BCUT2D eigenvalue weighted by Crippen LogP contribution is -2.58. The van der Waals surface area contributed by atoms with Gasteiger partial charge in [0.15, 0.2) is 0 Å². The van der Waals surface area contributed by atoms with Crippen LogP contribution in [0.2, 0.25) is 0 Å². The first-order chi connectivity index (χ1) is 12.4. The van der Waals surface area contributed by atoms with Crippen molar-refractivity contribution in [2.45, 2.75) is 44.8 Å². The molecular weight excluding hydrogens is 332 g/mol. The number of nitrogens with two attached hydrogens (primary N) is 1. The van der Waals surface area contributed by atoms with Crippen molar-refractivity contribution in [3.05, 3.63) is 30.3 Å². The smallest absolute Gasteiger partial charge is 0.320 e. The summed E-state index contributed by atoms with van der Waals surface area (Å²) in [5.74, 6) is -0.0823. The van der Waals surface area contributed by atoms with E-state index in [4.69, 9.17) is 10.5 Å². The number of urea groups is 1. The van der Waals surface area contributed by atoms with Crippen molar-refractivity contribution >= 4 is 17.6 Å². The van der Waals surface area contributed by atoms with Crippen molar-refractivity contribution in [3.8, 4) is 0 Å². The number of hydrogen-bond acceptors (Lipinski definition) is 4. The fourth-order valence-electron chi connectivity index (χ4n) is 2.98. The van der Waals surface area contributed by atoms with Gasteiger partial charge in [-0.1, -0.05) is 18.2 Å². The van der Waals surface area contributed by atoms with Crippen LogP contribution < -0.4 is 16.4 Å². The average molecular weight is 362 g/mol. The maximum atomic E-state index is 12.8. The third-order valence-electron chi connectivity index (χ3n) is 4.42. The maximum Gasteiger partial charge on any atom is 0.320 e. The van der Waals surface area contributed by atoms with E-state index < -0.39 is 11.6 Å². The van der Waals surface area contributed by atoms with Gasteiger partial charge in [0.25, 0.3) is 0 Å². The highest BCUT2D eigenvalue weighted by atomic mass is 16.5. The molecule has 0 atom stereocenters. The predicted molar refractivity (Wildman–Crippen MR) is 102 cm³/mol. The second-order valence-corrected chi connectivity index (χ2v) is 7.07. The molecule has 1 aliphatic rings. The minimum absolute atomic E-state index is 0.0823. The van der Waals surface area contributed by atoms with Gasteiger partial charge in [0, 0.05) is 25.4 Å². The number of piperidine rings is 1. The van der Waals surface area contributed by atoms with Crippen LogP contribution in [0.15, 0.2) is 30.3 Å². The molecule has 1 aromatic rings. The molecule has 0 spiro atoms. The van der Waals surface area contributed by atoms with Crippen LogP contribution in [0.5, 0.6) is 0 Å². The van der Waals surface area contributed by atoms with E-state index in [2.05, 4.69) is 10.6 Å². The quantitative estimate of drug-likeness (QED) is 0.646. The number of carbonyl (C=O) groups is 2. The number of para-hydroxylation sites is 1. The molecule has 0 radical (unpaired) electrons. The Balaban J connectivity index is 1.81. The fraction of sp³-hybridized carbons (Fsp3) is 0.579. The van der Waals surface area contributed by atoms with Gasteiger partial charge >= 0.3 is 6.03 Å². The molecule has 2 rings (SSSR count). The molecule has 0 saturated carbocycles. The lowest BCUT2D eigenvalue weighted by atomic mass is 10.0. The molecule has 4 N–H and O–H groups in total. The van der Waals surface area contributed by atoms with E-state index >= 15 is 0 Å². The van der Waals surface area contributed by atoms with Gasteiger partial charge in [0.05, 0.1) is 6.10 Å². The van der Waals surface area contributed by atoms with Crippen LogP contribution >= 0.6 is 0 Å². The van der Waals surface area contributed by atoms with Gasteiger partial charge < -0.3 is 26.0 Å². The van der Waals surface area contributed by atoms with Crippen molar-refractivity contribution in [3.63, 3.8) is 0 Å². The number of hydrogen-bond donors (Lipinski definition) is 3. The van der Waals surface area contributed by atoms with Crippen molar-refractivity contribution < 1.29 is 14.3 Å². The molecule has 1 saturated heterocycles. The van der Waals surface area contributed by atoms with Gasteiger partial charge in [-0.25, -0.2) is 4.79 Å².